The van der Waals surface area contributed by atoms with E-state index in [1.165, 1.54) is 44.9 Å². The van der Waals surface area contributed by atoms with E-state index in [0.717, 1.165) is 21.3 Å². The lowest BCUT2D eigenvalue weighted by atomic mass is 9.90. The first-order valence-corrected chi connectivity index (χ1v) is 13.7. The van der Waals surface area contributed by atoms with Gasteiger partial charge in [-0.25, -0.2) is 13.8 Å². The number of nitrogens with zero attached hydrogens (tertiary/aromatic N) is 3. The lowest BCUT2D eigenvalue weighted by Crippen LogP contribution is -2.45. The minimum atomic E-state index is -2.08. The number of carbonyl (C=O) groups excluding carboxylic acids is 3. The molecule has 0 spiro atoms. The Labute approximate surface area is 253 Å². The number of aromatic nitrogens is 2. The smallest absolute Gasteiger partial charge is 0.337 e. The van der Waals surface area contributed by atoms with Crippen molar-refractivity contribution >= 4 is 29.4 Å². The van der Waals surface area contributed by atoms with Gasteiger partial charge in [-0.1, -0.05) is 0 Å². The third kappa shape index (κ3) is 6.72. The first-order chi connectivity index (χ1) is 20.4. The molecule has 13 heteroatoms. The predicted octanol–water partition coefficient (Wildman–Crippen LogP) is 2.84. The van der Waals surface area contributed by atoms with Crippen LogP contribution in [-0.4, -0.2) is 51.8 Å². The lowest BCUT2D eigenvalue weighted by Gasteiger charge is -2.27. The zero-order valence-corrected chi connectivity index (χ0v) is 26.2. The van der Waals surface area contributed by atoms with E-state index in [1.54, 1.807) is 34.9 Å². The normalized spacial score (nSPS) is 12.3. The molecule has 0 fully saturated rings. The van der Waals surface area contributed by atoms with Crippen LogP contribution >= 0.6 is 0 Å². The fourth-order valence-electron chi connectivity index (χ4n) is 4.82. The second kappa shape index (κ2) is 12.8. The van der Waals surface area contributed by atoms with Gasteiger partial charge in [-0.05, 0) is 81.5 Å². The average Bonchev–Trinajstić information content (AvgIpc) is 2.93. The molecule has 0 saturated heterocycles. The molecule has 12 nitrogen and oxygen atoms in total. The van der Waals surface area contributed by atoms with Crippen molar-refractivity contribution in [2.45, 2.75) is 60.0 Å². The standard InChI is InChI=1S/C31H37FN4O8/c1-16-17(2)26(44-20(5)38)23(18(3)25(16)43-19(4)37)14-15-31(6,42)29(40)33-24-27(34(7)8)36(30(41)35(9)28(24)39)22-12-10-21(32)11-13-22/h10-13,42H,14-15H2,1-9H3,(H,33,40). The topological polar surface area (TPSA) is 149 Å². The number of hydrogen-bond acceptors (Lipinski definition) is 9. The van der Waals surface area contributed by atoms with Gasteiger partial charge in [0.2, 0.25) is 0 Å². The van der Waals surface area contributed by atoms with E-state index < -0.39 is 40.5 Å². The van der Waals surface area contributed by atoms with E-state index in [1.807, 2.05) is 0 Å². The zero-order chi connectivity index (χ0) is 33.3. The number of carbonyl (C=O) groups is 3. The van der Waals surface area contributed by atoms with Gasteiger partial charge in [0, 0.05) is 40.6 Å². The third-order valence-electron chi connectivity index (χ3n) is 7.33. The van der Waals surface area contributed by atoms with Gasteiger partial charge in [0.05, 0.1) is 5.69 Å². The second-order valence-corrected chi connectivity index (χ2v) is 11.0. The summed E-state index contributed by atoms with van der Waals surface area (Å²) < 4.78 is 26.5. The lowest BCUT2D eigenvalue weighted by molar-refractivity contribution is -0.133. The molecule has 1 heterocycles. The highest BCUT2D eigenvalue weighted by molar-refractivity contribution is 5.99. The Balaban J connectivity index is 2.07. The van der Waals surface area contributed by atoms with E-state index in [4.69, 9.17) is 9.47 Å². The molecule has 3 rings (SSSR count). The molecule has 1 unspecified atom stereocenters. The maximum absolute atomic E-state index is 13.6. The van der Waals surface area contributed by atoms with Crippen molar-refractivity contribution in [1.82, 2.24) is 9.13 Å². The highest BCUT2D eigenvalue weighted by atomic mass is 19.1. The summed E-state index contributed by atoms with van der Waals surface area (Å²) in [5.41, 5.74) is -1.61. The van der Waals surface area contributed by atoms with Gasteiger partial charge in [0.1, 0.15) is 34.4 Å². The molecule has 1 atom stereocenters. The van der Waals surface area contributed by atoms with Gasteiger partial charge in [-0.3, -0.25) is 23.7 Å². The van der Waals surface area contributed by atoms with Crippen molar-refractivity contribution in [3.8, 4) is 17.2 Å². The minimum absolute atomic E-state index is 0.00188. The highest BCUT2D eigenvalue weighted by Gasteiger charge is 2.34. The SMILES string of the molecule is CC(=O)Oc1c(C)c(C)c(OC(C)=O)c(CCC(C)(O)C(=O)Nc2c(N(C)C)n(-c3ccc(F)cc3)c(=O)n(C)c2=O)c1C. The van der Waals surface area contributed by atoms with Crippen molar-refractivity contribution in [2.75, 3.05) is 24.3 Å². The van der Waals surface area contributed by atoms with E-state index in [9.17, 15) is 33.5 Å². The Kier molecular flexibility index (Phi) is 9.84. The Morgan fingerprint density at radius 1 is 0.955 bits per heavy atom. The van der Waals surface area contributed by atoms with Gasteiger partial charge < -0.3 is 24.8 Å². The molecule has 0 radical (unpaired) electrons. The van der Waals surface area contributed by atoms with Crippen molar-refractivity contribution in [1.29, 1.82) is 0 Å². The van der Waals surface area contributed by atoms with Crippen molar-refractivity contribution in [2.24, 2.45) is 7.05 Å². The van der Waals surface area contributed by atoms with Gasteiger partial charge in [-0.2, -0.15) is 0 Å². The van der Waals surface area contributed by atoms with E-state index in [0.29, 0.717) is 22.3 Å². The van der Waals surface area contributed by atoms with Gasteiger partial charge in [0.15, 0.2) is 0 Å². The molecule has 2 N–H and O–H groups in total. The summed E-state index contributed by atoms with van der Waals surface area (Å²) in [4.78, 5) is 65.1. The van der Waals surface area contributed by atoms with E-state index in [-0.39, 0.29) is 41.5 Å². The van der Waals surface area contributed by atoms with Gasteiger partial charge in [-0.15, -0.1) is 0 Å². The summed E-state index contributed by atoms with van der Waals surface area (Å²) in [6.45, 7) is 8.85. The highest BCUT2D eigenvalue weighted by Crippen LogP contribution is 2.39. The maximum Gasteiger partial charge on any atom is 0.337 e. The van der Waals surface area contributed by atoms with Crippen molar-refractivity contribution < 1.29 is 33.4 Å². The molecule has 44 heavy (non-hydrogen) atoms. The van der Waals surface area contributed by atoms with Crippen LogP contribution in [0.4, 0.5) is 15.9 Å². The third-order valence-corrected chi connectivity index (χ3v) is 7.33. The van der Waals surface area contributed by atoms with Crippen LogP contribution in [0.2, 0.25) is 0 Å². The van der Waals surface area contributed by atoms with Crippen molar-refractivity contribution in [3.63, 3.8) is 0 Å². The minimum Gasteiger partial charge on any atom is -0.426 e. The van der Waals surface area contributed by atoms with Crippen LogP contribution < -0.4 is 30.9 Å². The number of ether oxygens (including phenoxy) is 2. The van der Waals surface area contributed by atoms with Crippen molar-refractivity contribution in [3.05, 3.63) is 73.2 Å². The summed E-state index contributed by atoms with van der Waals surface area (Å²) in [5.74, 6) is -2.09. The second-order valence-electron chi connectivity index (χ2n) is 11.0. The number of nitrogens with one attached hydrogen (secondary N) is 1. The number of anilines is 2. The average molecular weight is 613 g/mol. The Hall–Kier alpha value is -4.78. The fourth-order valence-corrected chi connectivity index (χ4v) is 4.82. The van der Waals surface area contributed by atoms with Crippen LogP contribution in [-0.2, 0) is 27.9 Å². The van der Waals surface area contributed by atoms with Gasteiger partial charge >= 0.3 is 17.6 Å². The monoisotopic (exact) mass is 612 g/mol. The fraction of sp³-hybridized carbons (Fsp3) is 0.387. The molecule has 0 aliphatic carbocycles. The van der Waals surface area contributed by atoms with Crippen LogP contribution in [0.5, 0.6) is 11.5 Å². The number of halogens is 1. The maximum atomic E-state index is 13.6. The number of amides is 1. The molecule has 1 aromatic heterocycles. The largest absolute Gasteiger partial charge is 0.426 e. The van der Waals surface area contributed by atoms with Crippen LogP contribution in [0.1, 0.15) is 49.4 Å². The molecule has 0 aliphatic heterocycles. The molecule has 1 amide bonds. The summed E-state index contributed by atoms with van der Waals surface area (Å²) >= 11 is 0. The molecule has 0 aliphatic rings. The van der Waals surface area contributed by atoms with Crippen LogP contribution in [0.3, 0.4) is 0 Å². The number of aliphatic hydroxyl groups is 1. The number of benzene rings is 2. The quantitative estimate of drug-likeness (QED) is 0.275. The van der Waals surface area contributed by atoms with Crippen LogP contribution in [0, 0.1) is 26.6 Å². The number of hydrogen-bond donors (Lipinski definition) is 2. The van der Waals surface area contributed by atoms with Crippen LogP contribution in [0.15, 0.2) is 33.9 Å². The summed E-state index contributed by atoms with van der Waals surface area (Å²) in [5, 5.41) is 13.8. The Morgan fingerprint density at radius 2 is 1.48 bits per heavy atom. The molecule has 0 saturated carbocycles. The summed E-state index contributed by atoms with van der Waals surface area (Å²) in [6.07, 6.45) is -0.191. The predicted molar refractivity (Wildman–Crippen MR) is 162 cm³/mol. The molecular formula is C31H37FN4O8. The number of esters is 2. The Bertz CT molecular complexity index is 1750. The molecule has 3 aromatic rings. The molecule has 0 bridgehead atoms. The van der Waals surface area contributed by atoms with Gasteiger partial charge in [0.25, 0.3) is 11.5 Å². The van der Waals surface area contributed by atoms with E-state index in [2.05, 4.69) is 5.32 Å². The Morgan fingerprint density at radius 3 is 2.00 bits per heavy atom. The molecular weight excluding hydrogens is 575 g/mol. The summed E-state index contributed by atoms with van der Waals surface area (Å²) in [6, 6.07) is 5.02. The summed E-state index contributed by atoms with van der Waals surface area (Å²) in [7, 11) is 4.35. The van der Waals surface area contributed by atoms with Crippen LogP contribution in [0.25, 0.3) is 5.69 Å². The van der Waals surface area contributed by atoms with E-state index >= 15 is 0 Å². The number of rotatable bonds is 9. The molecule has 236 valence electrons. The molecule has 2 aromatic carbocycles. The first kappa shape index (κ1) is 33.7. The zero-order valence-electron chi connectivity index (χ0n) is 26.2. The first-order valence-electron chi connectivity index (χ1n) is 13.7.